The monoisotopic (exact) mass is 399 g/mol. The molecule has 0 unspecified atom stereocenters. The summed E-state index contributed by atoms with van der Waals surface area (Å²) in [7, 11) is 0. The number of benzene rings is 3. The Morgan fingerprint density at radius 1 is 1.03 bits per heavy atom. The summed E-state index contributed by atoms with van der Waals surface area (Å²) in [6.07, 6.45) is 1.92. The number of ether oxygens (including phenoxy) is 1. The van der Waals surface area contributed by atoms with Crippen molar-refractivity contribution in [2.45, 2.75) is 6.92 Å². The van der Waals surface area contributed by atoms with Crippen molar-refractivity contribution in [3.8, 4) is 17.1 Å². The first-order valence-electron chi connectivity index (χ1n) is 9.35. The largest absolute Gasteiger partial charge is 0.494 e. The number of hydrogen-bond acceptors (Lipinski definition) is 5. The molecule has 0 aliphatic heterocycles. The van der Waals surface area contributed by atoms with Gasteiger partial charge in [0.1, 0.15) is 5.75 Å². The molecule has 0 atom stereocenters. The summed E-state index contributed by atoms with van der Waals surface area (Å²) < 4.78 is 7.47. The van der Waals surface area contributed by atoms with Gasteiger partial charge in [0.25, 0.3) is 5.56 Å². The number of thiazole rings is 1. The molecular weight excluding hydrogens is 382 g/mol. The molecule has 0 spiro atoms. The van der Waals surface area contributed by atoms with Crippen LogP contribution in [-0.4, -0.2) is 21.2 Å². The highest BCUT2D eigenvalue weighted by Crippen LogP contribution is 2.21. The molecule has 5 aromatic rings. The average Bonchev–Trinajstić information content (AvgIpc) is 3.29. The zero-order chi connectivity index (χ0) is 19.8. The van der Waals surface area contributed by atoms with E-state index in [0.717, 1.165) is 27.6 Å². The van der Waals surface area contributed by atoms with Gasteiger partial charge >= 0.3 is 0 Å². The molecule has 2 aromatic heterocycles. The van der Waals surface area contributed by atoms with Gasteiger partial charge in [-0.25, -0.2) is 0 Å². The zero-order valence-corrected chi connectivity index (χ0v) is 16.5. The first kappa shape index (κ1) is 17.6. The van der Waals surface area contributed by atoms with Gasteiger partial charge in [0.05, 0.1) is 11.1 Å². The van der Waals surface area contributed by atoms with Crippen LogP contribution in [0.4, 0.5) is 0 Å². The van der Waals surface area contributed by atoms with Gasteiger partial charge in [-0.05, 0) is 53.6 Å². The molecule has 2 heterocycles. The van der Waals surface area contributed by atoms with Crippen molar-refractivity contribution in [2.75, 3.05) is 6.61 Å². The minimum atomic E-state index is -0.150. The third-order valence-electron chi connectivity index (χ3n) is 4.72. The molecule has 0 amide bonds. The number of aromatic nitrogens is 3. The lowest BCUT2D eigenvalue weighted by atomic mass is 10.0. The van der Waals surface area contributed by atoms with E-state index in [1.54, 1.807) is 0 Å². The maximum absolute atomic E-state index is 12.9. The Morgan fingerprint density at radius 2 is 1.83 bits per heavy atom. The lowest BCUT2D eigenvalue weighted by molar-refractivity contribution is 0.340. The van der Waals surface area contributed by atoms with Crippen LogP contribution in [0.3, 0.4) is 0 Å². The fourth-order valence-electron chi connectivity index (χ4n) is 3.34. The van der Waals surface area contributed by atoms with Gasteiger partial charge in [0, 0.05) is 5.56 Å². The lowest BCUT2D eigenvalue weighted by Gasteiger charge is -2.02. The van der Waals surface area contributed by atoms with Crippen molar-refractivity contribution >= 4 is 33.1 Å². The smallest absolute Gasteiger partial charge is 0.291 e. The van der Waals surface area contributed by atoms with Crippen LogP contribution in [0.5, 0.6) is 5.75 Å². The molecule has 0 N–H and O–H groups in total. The summed E-state index contributed by atoms with van der Waals surface area (Å²) in [5, 5.41) is 6.68. The molecule has 0 radical (unpaired) electrons. The average molecular weight is 399 g/mol. The zero-order valence-electron chi connectivity index (χ0n) is 15.7. The Morgan fingerprint density at radius 3 is 2.62 bits per heavy atom. The van der Waals surface area contributed by atoms with E-state index in [-0.39, 0.29) is 5.56 Å². The minimum absolute atomic E-state index is 0.150. The maximum atomic E-state index is 12.9. The number of fused-ring (bicyclic) bond motifs is 2. The van der Waals surface area contributed by atoms with Crippen molar-refractivity contribution in [1.29, 1.82) is 0 Å². The highest BCUT2D eigenvalue weighted by atomic mass is 32.1. The van der Waals surface area contributed by atoms with E-state index in [9.17, 15) is 4.79 Å². The van der Waals surface area contributed by atoms with Crippen LogP contribution in [0.2, 0.25) is 0 Å². The highest BCUT2D eigenvalue weighted by molar-refractivity contribution is 7.15. The first-order chi connectivity index (χ1) is 14.2. The van der Waals surface area contributed by atoms with Crippen LogP contribution in [0.1, 0.15) is 12.5 Å². The van der Waals surface area contributed by atoms with Gasteiger partial charge in [0.15, 0.2) is 5.82 Å². The first-order valence-corrected chi connectivity index (χ1v) is 10.2. The molecular formula is C23H17N3O2S. The third-order valence-corrected chi connectivity index (χ3v) is 5.67. The third kappa shape index (κ3) is 3.17. The van der Waals surface area contributed by atoms with Crippen molar-refractivity contribution in [3.05, 3.63) is 87.2 Å². The van der Waals surface area contributed by atoms with Crippen molar-refractivity contribution in [1.82, 2.24) is 14.6 Å². The van der Waals surface area contributed by atoms with Gasteiger partial charge in [-0.15, -0.1) is 5.10 Å². The van der Waals surface area contributed by atoms with E-state index in [0.29, 0.717) is 21.9 Å². The van der Waals surface area contributed by atoms with E-state index in [1.807, 2.05) is 61.5 Å². The molecule has 6 heteroatoms. The van der Waals surface area contributed by atoms with Gasteiger partial charge in [-0.3, -0.25) is 4.79 Å². The summed E-state index contributed by atoms with van der Waals surface area (Å²) >= 11 is 1.35. The molecule has 5 rings (SSSR count). The Bertz CT molecular complexity index is 1430. The quantitative estimate of drug-likeness (QED) is 0.460. The second-order valence-electron chi connectivity index (χ2n) is 6.57. The molecule has 0 fully saturated rings. The van der Waals surface area contributed by atoms with Crippen LogP contribution >= 0.6 is 11.3 Å². The molecule has 0 saturated heterocycles. The fraction of sp³-hybridized carbons (Fsp3) is 0.0870. The molecule has 0 saturated carbocycles. The molecule has 29 heavy (non-hydrogen) atoms. The van der Waals surface area contributed by atoms with Crippen LogP contribution in [-0.2, 0) is 0 Å². The Balaban J connectivity index is 1.57. The molecule has 0 aliphatic rings. The van der Waals surface area contributed by atoms with Gasteiger partial charge in [-0.2, -0.15) is 9.50 Å². The van der Waals surface area contributed by atoms with Crippen molar-refractivity contribution in [3.63, 3.8) is 0 Å². The molecule has 5 nitrogen and oxygen atoms in total. The predicted molar refractivity (Wildman–Crippen MR) is 116 cm³/mol. The van der Waals surface area contributed by atoms with Gasteiger partial charge < -0.3 is 4.74 Å². The SMILES string of the molecule is CCOc1ccc(-c2nc3sc(=Cc4cccc5ccccc45)c(=O)n3n2)cc1. The van der Waals surface area contributed by atoms with Gasteiger partial charge in [0.2, 0.25) is 4.96 Å². The Hall–Kier alpha value is -3.51. The minimum Gasteiger partial charge on any atom is -0.494 e. The molecule has 0 aliphatic carbocycles. The summed E-state index contributed by atoms with van der Waals surface area (Å²) in [5.41, 5.74) is 1.71. The summed E-state index contributed by atoms with van der Waals surface area (Å²) in [5.74, 6) is 1.34. The standard InChI is InChI=1S/C23H17N3O2S/c1-2-28-18-12-10-16(11-13-18)21-24-23-26(25-21)22(27)20(29-23)14-17-8-5-7-15-6-3-4-9-19(15)17/h3-14H,2H2,1H3. The molecule has 3 aromatic carbocycles. The van der Waals surface area contributed by atoms with Crippen molar-refractivity contribution in [2.24, 2.45) is 0 Å². The van der Waals surface area contributed by atoms with Crippen molar-refractivity contribution < 1.29 is 4.74 Å². The predicted octanol–water partition coefficient (Wildman–Crippen LogP) is 3.92. The van der Waals surface area contributed by atoms with Crippen LogP contribution in [0.15, 0.2) is 71.5 Å². The van der Waals surface area contributed by atoms with E-state index < -0.39 is 0 Å². The number of nitrogens with zero attached hydrogens (tertiary/aromatic N) is 3. The molecule has 142 valence electrons. The molecule has 0 bridgehead atoms. The Labute approximate surface area is 170 Å². The van der Waals surface area contributed by atoms with Gasteiger partial charge in [-0.1, -0.05) is 53.8 Å². The van der Waals surface area contributed by atoms with E-state index in [2.05, 4.69) is 28.3 Å². The number of hydrogen-bond donors (Lipinski definition) is 0. The van der Waals surface area contributed by atoms with Crippen LogP contribution in [0.25, 0.3) is 33.2 Å². The van der Waals surface area contributed by atoms with E-state index in [1.165, 1.54) is 15.9 Å². The maximum Gasteiger partial charge on any atom is 0.291 e. The van der Waals surface area contributed by atoms with E-state index >= 15 is 0 Å². The second-order valence-corrected chi connectivity index (χ2v) is 7.58. The second kappa shape index (κ2) is 7.14. The van der Waals surface area contributed by atoms with Crippen LogP contribution in [0, 0.1) is 0 Å². The Kier molecular flexibility index (Phi) is 4.33. The topological polar surface area (TPSA) is 56.5 Å². The summed E-state index contributed by atoms with van der Waals surface area (Å²) in [6, 6.07) is 21.8. The van der Waals surface area contributed by atoms with E-state index in [4.69, 9.17) is 4.74 Å². The fourth-order valence-corrected chi connectivity index (χ4v) is 4.24. The van der Waals surface area contributed by atoms with Crippen LogP contribution < -0.4 is 14.8 Å². The highest BCUT2D eigenvalue weighted by Gasteiger charge is 2.12. The lowest BCUT2D eigenvalue weighted by Crippen LogP contribution is -2.23. The normalized spacial score (nSPS) is 12.1. The number of rotatable bonds is 4. The summed E-state index contributed by atoms with van der Waals surface area (Å²) in [6.45, 7) is 2.56. The summed E-state index contributed by atoms with van der Waals surface area (Å²) in [4.78, 5) is 18.0.